The Kier molecular flexibility index (Phi) is 1.92. The second-order valence-electron chi connectivity index (χ2n) is 3.96. The number of aliphatic carboxylic acids is 1. The minimum atomic E-state index is -0.713. The van der Waals surface area contributed by atoms with E-state index in [-0.39, 0.29) is 23.8 Å². The van der Waals surface area contributed by atoms with Crippen LogP contribution in [0.25, 0.3) is 0 Å². The van der Waals surface area contributed by atoms with Crippen LogP contribution in [-0.4, -0.2) is 17.1 Å². The molecule has 1 aliphatic carbocycles. The number of carboxylic acids is 1. The maximum Gasteiger partial charge on any atom is 0.303 e. The zero-order chi connectivity index (χ0) is 8.65. The first-order chi connectivity index (χ1) is 4.94. The van der Waals surface area contributed by atoms with Crippen molar-refractivity contribution in [3.05, 3.63) is 0 Å². The van der Waals surface area contributed by atoms with Gasteiger partial charge < -0.3 is 10.8 Å². The van der Waals surface area contributed by atoms with Crippen LogP contribution in [0.2, 0.25) is 0 Å². The predicted octanol–water partition coefficient (Wildman–Crippen LogP) is 0.835. The Bertz CT molecular complexity index is 177. The summed E-state index contributed by atoms with van der Waals surface area (Å²) in [5, 5.41) is 8.53. The molecule has 2 atom stereocenters. The Morgan fingerprint density at radius 1 is 1.73 bits per heavy atom. The van der Waals surface area contributed by atoms with E-state index in [4.69, 9.17) is 10.8 Å². The van der Waals surface area contributed by atoms with Crippen molar-refractivity contribution in [3.8, 4) is 0 Å². The molecule has 0 aromatic rings. The smallest absolute Gasteiger partial charge is 0.303 e. The molecular formula is C8H15NO2. The first-order valence-electron chi connectivity index (χ1n) is 3.92. The van der Waals surface area contributed by atoms with Crippen molar-refractivity contribution in [2.45, 2.75) is 32.7 Å². The largest absolute Gasteiger partial charge is 0.481 e. The highest BCUT2D eigenvalue weighted by molar-refractivity contribution is 5.67. The van der Waals surface area contributed by atoms with Crippen LogP contribution in [0.1, 0.15) is 26.7 Å². The molecule has 0 radical (unpaired) electrons. The van der Waals surface area contributed by atoms with Gasteiger partial charge in [0.1, 0.15) is 0 Å². The lowest BCUT2D eigenvalue weighted by molar-refractivity contribution is -0.141. The quantitative estimate of drug-likeness (QED) is 0.624. The number of carbonyl (C=O) groups is 1. The van der Waals surface area contributed by atoms with Gasteiger partial charge in [0.2, 0.25) is 0 Å². The van der Waals surface area contributed by atoms with E-state index in [1.807, 2.05) is 13.8 Å². The van der Waals surface area contributed by atoms with Crippen molar-refractivity contribution >= 4 is 5.97 Å². The van der Waals surface area contributed by atoms with Gasteiger partial charge >= 0.3 is 5.97 Å². The Morgan fingerprint density at radius 2 is 2.27 bits per heavy atom. The van der Waals surface area contributed by atoms with Crippen molar-refractivity contribution < 1.29 is 9.90 Å². The van der Waals surface area contributed by atoms with E-state index in [1.54, 1.807) is 0 Å². The maximum absolute atomic E-state index is 10.4. The minimum Gasteiger partial charge on any atom is -0.481 e. The normalized spacial score (nSPS) is 34.5. The van der Waals surface area contributed by atoms with Crippen LogP contribution >= 0.6 is 0 Å². The van der Waals surface area contributed by atoms with E-state index in [2.05, 4.69) is 0 Å². The average molecular weight is 157 g/mol. The SMILES string of the molecule is CC1(C)[C@@H](CC(=O)O)C[C@H]1N. The summed E-state index contributed by atoms with van der Waals surface area (Å²) in [5.74, 6) is -0.440. The van der Waals surface area contributed by atoms with Gasteiger partial charge in [-0.05, 0) is 17.8 Å². The third-order valence-corrected chi connectivity index (χ3v) is 2.97. The van der Waals surface area contributed by atoms with E-state index >= 15 is 0 Å². The van der Waals surface area contributed by atoms with E-state index in [9.17, 15) is 4.79 Å². The molecule has 0 bridgehead atoms. The molecule has 0 saturated heterocycles. The molecule has 0 aliphatic heterocycles. The van der Waals surface area contributed by atoms with Gasteiger partial charge in [-0.15, -0.1) is 0 Å². The van der Waals surface area contributed by atoms with Crippen LogP contribution in [-0.2, 0) is 4.79 Å². The van der Waals surface area contributed by atoms with Crippen LogP contribution in [0, 0.1) is 11.3 Å². The molecule has 3 nitrogen and oxygen atoms in total. The van der Waals surface area contributed by atoms with Crippen molar-refractivity contribution in [1.82, 2.24) is 0 Å². The Hall–Kier alpha value is -0.570. The lowest BCUT2D eigenvalue weighted by Gasteiger charge is -2.50. The summed E-state index contributed by atoms with van der Waals surface area (Å²) >= 11 is 0. The van der Waals surface area contributed by atoms with Crippen LogP contribution in [0.15, 0.2) is 0 Å². The van der Waals surface area contributed by atoms with E-state index in [0.717, 1.165) is 6.42 Å². The van der Waals surface area contributed by atoms with Crippen molar-refractivity contribution in [2.24, 2.45) is 17.1 Å². The summed E-state index contributed by atoms with van der Waals surface area (Å²) in [7, 11) is 0. The molecule has 1 aliphatic rings. The Labute approximate surface area is 66.6 Å². The van der Waals surface area contributed by atoms with Gasteiger partial charge in [-0.25, -0.2) is 0 Å². The lowest BCUT2D eigenvalue weighted by atomic mass is 9.58. The predicted molar refractivity (Wildman–Crippen MR) is 42.1 cm³/mol. The maximum atomic E-state index is 10.4. The molecule has 0 amide bonds. The molecule has 0 heterocycles. The number of hydrogen-bond acceptors (Lipinski definition) is 2. The molecule has 3 N–H and O–H groups in total. The first kappa shape index (κ1) is 8.53. The summed E-state index contributed by atoms with van der Waals surface area (Å²) in [5.41, 5.74) is 5.76. The molecule has 1 rings (SSSR count). The van der Waals surface area contributed by atoms with Gasteiger partial charge in [-0.1, -0.05) is 13.8 Å². The summed E-state index contributed by atoms with van der Waals surface area (Å²) in [4.78, 5) is 10.4. The van der Waals surface area contributed by atoms with Gasteiger partial charge in [0.15, 0.2) is 0 Å². The molecule has 0 aromatic heterocycles. The highest BCUT2D eigenvalue weighted by Crippen LogP contribution is 2.46. The van der Waals surface area contributed by atoms with Crippen LogP contribution in [0.3, 0.4) is 0 Å². The Morgan fingerprint density at radius 3 is 2.55 bits per heavy atom. The third kappa shape index (κ3) is 1.38. The second-order valence-corrected chi connectivity index (χ2v) is 3.96. The average Bonchev–Trinajstić information content (AvgIpc) is 1.87. The zero-order valence-corrected chi connectivity index (χ0v) is 7.00. The zero-order valence-electron chi connectivity index (χ0n) is 7.00. The fourth-order valence-electron chi connectivity index (χ4n) is 1.61. The first-order valence-corrected chi connectivity index (χ1v) is 3.92. The van der Waals surface area contributed by atoms with E-state index in [1.165, 1.54) is 0 Å². The summed E-state index contributed by atoms with van der Waals surface area (Å²) in [6, 6.07) is 0.187. The van der Waals surface area contributed by atoms with Crippen molar-refractivity contribution in [2.75, 3.05) is 0 Å². The van der Waals surface area contributed by atoms with Crippen LogP contribution in [0.5, 0.6) is 0 Å². The van der Waals surface area contributed by atoms with Gasteiger partial charge in [0.25, 0.3) is 0 Å². The highest BCUT2D eigenvalue weighted by atomic mass is 16.4. The van der Waals surface area contributed by atoms with Gasteiger partial charge in [-0.3, -0.25) is 4.79 Å². The summed E-state index contributed by atoms with van der Waals surface area (Å²) < 4.78 is 0. The number of hydrogen-bond donors (Lipinski definition) is 2. The molecule has 0 unspecified atom stereocenters. The fraction of sp³-hybridized carbons (Fsp3) is 0.875. The van der Waals surface area contributed by atoms with Crippen molar-refractivity contribution in [1.29, 1.82) is 0 Å². The Balaban J connectivity index is 2.46. The number of nitrogens with two attached hydrogens (primary N) is 1. The second kappa shape index (κ2) is 2.48. The fourth-order valence-corrected chi connectivity index (χ4v) is 1.61. The van der Waals surface area contributed by atoms with Gasteiger partial charge in [0, 0.05) is 12.5 Å². The molecule has 0 spiro atoms. The molecule has 64 valence electrons. The monoisotopic (exact) mass is 157 g/mol. The molecule has 3 heteroatoms. The van der Waals surface area contributed by atoms with Crippen LogP contribution < -0.4 is 5.73 Å². The van der Waals surface area contributed by atoms with Gasteiger partial charge in [-0.2, -0.15) is 0 Å². The van der Waals surface area contributed by atoms with E-state index in [0.29, 0.717) is 0 Å². The molecule has 1 fully saturated rings. The molecule has 0 aromatic carbocycles. The highest BCUT2D eigenvalue weighted by Gasteiger charge is 2.46. The molecule has 11 heavy (non-hydrogen) atoms. The lowest BCUT2D eigenvalue weighted by Crippen LogP contribution is -2.54. The topological polar surface area (TPSA) is 63.3 Å². The van der Waals surface area contributed by atoms with Crippen LogP contribution in [0.4, 0.5) is 0 Å². The van der Waals surface area contributed by atoms with E-state index < -0.39 is 5.97 Å². The van der Waals surface area contributed by atoms with Crippen molar-refractivity contribution in [3.63, 3.8) is 0 Å². The number of rotatable bonds is 2. The molecule has 1 saturated carbocycles. The number of carboxylic acid groups (broad SMARTS) is 1. The summed E-state index contributed by atoms with van der Waals surface area (Å²) in [6.45, 7) is 4.07. The minimum absolute atomic E-state index is 0.0262. The standard InChI is InChI=1S/C8H15NO2/c1-8(2)5(3-6(8)9)4-7(10)11/h5-6H,3-4,9H2,1-2H3,(H,10,11)/t5-,6-/m1/s1. The third-order valence-electron chi connectivity index (χ3n) is 2.97. The van der Waals surface area contributed by atoms with Gasteiger partial charge in [0.05, 0.1) is 0 Å². The summed E-state index contributed by atoms with van der Waals surface area (Å²) in [6.07, 6.45) is 1.12. The molecular weight excluding hydrogens is 142 g/mol.